The molecule has 0 amide bonds. The molecule has 4 heterocycles. The predicted molar refractivity (Wildman–Crippen MR) is 110 cm³/mol. The highest BCUT2D eigenvalue weighted by molar-refractivity contribution is 5.26. The van der Waals surface area contributed by atoms with Gasteiger partial charge in [0.15, 0.2) is 0 Å². The highest BCUT2D eigenvalue weighted by Gasteiger charge is 2.36. The maximum Gasteiger partial charge on any atom is 0.0604 e. The number of hydrogen-bond acceptors (Lipinski definition) is 4. The largest absolute Gasteiger partial charge is 0.317 e. The number of rotatable bonds is 4. The molecule has 0 saturated carbocycles. The summed E-state index contributed by atoms with van der Waals surface area (Å²) in [7, 11) is 0. The van der Waals surface area contributed by atoms with Gasteiger partial charge in [-0.25, -0.2) is 0 Å². The van der Waals surface area contributed by atoms with Crippen LogP contribution in [-0.2, 0) is 0 Å². The Morgan fingerprint density at radius 2 is 1.44 bits per heavy atom. The Morgan fingerprint density at radius 3 is 1.96 bits per heavy atom. The number of likely N-dealkylation sites (tertiary alicyclic amines) is 1. The first-order valence-corrected chi connectivity index (χ1v) is 10.5. The second kappa shape index (κ2) is 8.49. The van der Waals surface area contributed by atoms with Gasteiger partial charge in [-0.1, -0.05) is 12.1 Å². The van der Waals surface area contributed by atoms with E-state index in [0.29, 0.717) is 12.1 Å². The normalized spacial score (nSPS) is 24.8. The van der Waals surface area contributed by atoms with Gasteiger partial charge < -0.3 is 5.32 Å². The van der Waals surface area contributed by atoms with Crippen LogP contribution in [0.15, 0.2) is 36.7 Å². The monoisotopic (exact) mass is 364 g/mol. The van der Waals surface area contributed by atoms with E-state index in [1.165, 1.54) is 54.6 Å². The Kier molecular flexibility index (Phi) is 5.84. The summed E-state index contributed by atoms with van der Waals surface area (Å²) in [5.41, 5.74) is 5.17. The molecule has 0 radical (unpaired) electrons. The SMILES string of the molecule is Cc1cccnc1C1CCCC(c2ncccc2C)N1CC1CCNCC1. The molecule has 4 rings (SSSR count). The van der Waals surface area contributed by atoms with Crippen molar-refractivity contribution in [2.24, 2.45) is 5.92 Å². The molecule has 2 atom stereocenters. The molecule has 2 unspecified atom stereocenters. The van der Waals surface area contributed by atoms with E-state index < -0.39 is 0 Å². The molecule has 0 bridgehead atoms. The average Bonchev–Trinajstić information content (AvgIpc) is 2.70. The van der Waals surface area contributed by atoms with Crippen molar-refractivity contribution in [1.29, 1.82) is 0 Å². The first-order chi connectivity index (χ1) is 13.2. The van der Waals surface area contributed by atoms with Gasteiger partial charge in [-0.2, -0.15) is 0 Å². The van der Waals surface area contributed by atoms with E-state index in [0.717, 1.165) is 25.6 Å². The number of pyridine rings is 2. The average molecular weight is 365 g/mol. The van der Waals surface area contributed by atoms with Gasteiger partial charge in [-0.15, -0.1) is 0 Å². The number of aromatic nitrogens is 2. The zero-order valence-corrected chi connectivity index (χ0v) is 16.7. The van der Waals surface area contributed by atoms with E-state index >= 15 is 0 Å². The zero-order valence-electron chi connectivity index (χ0n) is 16.7. The van der Waals surface area contributed by atoms with E-state index in [1.54, 1.807) is 0 Å². The van der Waals surface area contributed by atoms with Crippen LogP contribution in [0.3, 0.4) is 0 Å². The molecule has 144 valence electrons. The number of nitrogens with one attached hydrogen (secondary N) is 1. The van der Waals surface area contributed by atoms with Crippen LogP contribution in [0.2, 0.25) is 0 Å². The highest BCUT2D eigenvalue weighted by Crippen LogP contribution is 2.42. The van der Waals surface area contributed by atoms with Gasteiger partial charge in [0.1, 0.15) is 0 Å². The second-order valence-corrected chi connectivity index (χ2v) is 8.26. The molecular formula is C23H32N4. The fraction of sp³-hybridized carbons (Fsp3) is 0.565. The van der Waals surface area contributed by atoms with Crippen LogP contribution >= 0.6 is 0 Å². The molecule has 2 fully saturated rings. The lowest BCUT2D eigenvalue weighted by Crippen LogP contribution is -2.43. The van der Waals surface area contributed by atoms with Gasteiger partial charge in [0, 0.05) is 18.9 Å². The number of piperidine rings is 2. The molecule has 2 aliphatic rings. The van der Waals surface area contributed by atoms with Gasteiger partial charge in [-0.3, -0.25) is 14.9 Å². The van der Waals surface area contributed by atoms with Crippen molar-refractivity contribution in [2.75, 3.05) is 19.6 Å². The lowest BCUT2D eigenvalue weighted by molar-refractivity contribution is 0.0528. The molecule has 0 aromatic carbocycles. The summed E-state index contributed by atoms with van der Waals surface area (Å²) in [6.45, 7) is 7.88. The van der Waals surface area contributed by atoms with Gasteiger partial charge in [0.25, 0.3) is 0 Å². The standard InChI is InChI=1S/C23H32N4/c1-17-6-4-12-25-22(17)20-8-3-9-21(23-18(2)7-5-13-26-23)27(20)16-19-10-14-24-15-11-19/h4-7,12-13,19-21,24H,3,8-11,14-16H2,1-2H3. The minimum absolute atomic E-state index is 0.404. The van der Waals surface area contributed by atoms with Crippen molar-refractivity contribution in [3.05, 3.63) is 59.2 Å². The first kappa shape index (κ1) is 18.6. The quantitative estimate of drug-likeness (QED) is 0.875. The van der Waals surface area contributed by atoms with Crippen molar-refractivity contribution in [2.45, 2.75) is 58.0 Å². The molecule has 1 N–H and O–H groups in total. The fourth-order valence-corrected chi connectivity index (χ4v) is 4.95. The zero-order chi connectivity index (χ0) is 18.6. The summed E-state index contributed by atoms with van der Waals surface area (Å²) < 4.78 is 0. The van der Waals surface area contributed by atoms with Crippen LogP contribution in [0.5, 0.6) is 0 Å². The molecule has 0 spiro atoms. The third-order valence-electron chi connectivity index (χ3n) is 6.41. The maximum absolute atomic E-state index is 4.82. The lowest BCUT2D eigenvalue weighted by Gasteiger charge is -2.44. The van der Waals surface area contributed by atoms with Crippen molar-refractivity contribution < 1.29 is 0 Å². The third-order valence-corrected chi connectivity index (χ3v) is 6.41. The molecular weight excluding hydrogens is 332 g/mol. The van der Waals surface area contributed by atoms with Crippen LogP contribution in [0.1, 0.15) is 66.7 Å². The van der Waals surface area contributed by atoms with Crippen molar-refractivity contribution in [3.8, 4) is 0 Å². The summed E-state index contributed by atoms with van der Waals surface area (Å²) in [6, 6.07) is 9.34. The van der Waals surface area contributed by atoms with E-state index in [-0.39, 0.29) is 0 Å². The minimum atomic E-state index is 0.404. The highest BCUT2D eigenvalue weighted by atomic mass is 15.2. The van der Waals surface area contributed by atoms with E-state index in [9.17, 15) is 0 Å². The molecule has 0 aliphatic carbocycles. The summed E-state index contributed by atoms with van der Waals surface area (Å²) in [5.74, 6) is 0.766. The van der Waals surface area contributed by atoms with Crippen LogP contribution in [0.25, 0.3) is 0 Å². The van der Waals surface area contributed by atoms with Gasteiger partial charge in [0.2, 0.25) is 0 Å². The molecule has 27 heavy (non-hydrogen) atoms. The Bertz CT molecular complexity index is 700. The van der Waals surface area contributed by atoms with E-state index in [4.69, 9.17) is 9.97 Å². The first-order valence-electron chi connectivity index (χ1n) is 10.5. The van der Waals surface area contributed by atoms with Crippen LogP contribution in [-0.4, -0.2) is 34.5 Å². The lowest BCUT2D eigenvalue weighted by atomic mass is 9.86. The number of aryl methyl sites for hydroxylation is 2. The molecule has 2 aromatic rings. The molecule has 4 nitrogen and oxygen atoms in total. The summed E-state index contributed by atoms with van der Waals surface area (Å²) >= 11 is 0. The third kappa shape index (κ3) is 4.07. The molecule has 4 heteroatoms. The number of hydrogen-bond donors (Lipinski definition) is 1. The molecule has 2 saturated heterocycles. The van der Waals surface area contributed by atoms with Gasteiger partial charge in [-0.05, 0) is 88.2 Å². The topological polar surface area (TPSA) is 41.1 Å². The van der Waals surface area contributed by atoms with Crippen LogP contribution < -0.4 is 5.32 Å². The fourth-order valence-electron chi connectivity index (χ4n) is 4.95. The Labute approximate surface area is 163 Å². The Balaban J connectivity index is 1.68. The van der Waals surface area contributed by atoms with Crippen LogP contribution in [0, 0.1) is 19.8 Å². The Morgan fingerprint density at radius 1 is 0.889 bits per heavy atom. The number of nitrogens with zero attached hydrogens (tertiary/aromatic N) is 3. The van der Waals surface area contributed by atoms with Gasteiger partial charge in [0.05, 0.1) is 23.5 Å². The van der Waals surface area contributed by atoms with Crippen LogP contribution in [0.4, 0.5) is 0 Å². The molecule has 2 aliphatic heterocycles. The van der Waals surface area contributed by atoms with Crippen molar-refractivity contribution in [1.82, 2.24) is 20.2 Å². The second-order valence-electron chi connectivity index (χ2n) is 8.26. The van der Waals surface area contributed by atoms with E-state index in [2.05, 4.69) is 48.3 Å². The van der Waals surface area contributed by atoms with E-state index in [1.807, 2.05) is 12.4 Å². The summed E-state index contributed by atoms with van der Waals surface area (Å²) in [4.78, 5) is 12.4. The van der Waals surface area contributed by atoms with Crippen molar-refractivity contribution in [3.63, 3.8) is 0 Å². The smallest absolute Gasteiger partial charge is 0.0604 e. The minimum Gasteiger partial charge on any atom is -0.317 e. The maximum atomic E-state index is 4.82. The predicted octanol–water partition coefficient (Wildman–Crippen LogP) is 4.36. The molecule has 2 aromatic heterocycles. The van der Waals surface area contributed by atoms with Crippen molar-refractivity contribution >= 4 is 0 Å². The Hall–Kier alpha value is -1.78. The summed E-state index contributed by atoms with van der Waals surface area (Å²) in [6.07, 6.45) is 10.1. The van der Waals surface area contributed by atoms with Gasteiger partial charge >= 0.3 is 0 Å². The summed E-state index contributed by atoms with van der Waals surface area (Å²) in [5, 5.41) is 3.51.